The Morgan fingerprint density at radius 2 is 1.85 bits per heavy atom. The fraction of sp³-hybridized carbons (Fsp3) is 0.280. The minimum absolute atomic E-state index is 0.123. The maximum Gasteiger partial charge on any atom is 0.251 e. The van der Waals surface area contributed by atoms with E-state index in [1.54, 1.807) is 31.7 Å². The summed E-state index contributed by atoms with van der Waals surface area (Å²) in [5.74, 6) is 1.48. The maximum absolute atomic E-state index is 12.3. The van der Waals surface area contributed by atoms with Crippen LogP contribution in [0, 0.1) is 0 Å². The number of nitrogens with one attached hydrogen (secondary N) is 2. The molecule has 4 rings (SSSR count). The molecule has 9 heteroatoms. The molecule has 3 heterocycles. The molecule has 0 fully saturated rings. The van der Waals surface area contributed by atoms with Crippen LogP contribution in [-0.2, 0) is 6.54 Å². The highest BCUT2D eigenvalue weighted by molar-refractivity contribution is 6.06. The van der Waals surface area contributed by atoms with E-state index in [1.165, 1.54) is 6.33 Å². The summed E-state index contributed by atoms with van der Waals surface area (Å²) in [6.07, 6.45) is 6.78. The zero-order chi connectivity index (χ0) is 24.1. The second-order valence-electron chi connectivity index (χ2n) is 8.38. The zero-order valence-corrected chi connectivity index (χ0v) is 19.8. The molecular weight excluding hydrogens is 428 g/mol. The molecule has 0 aliphatic rings. The largest absolute Gasteiger partial charge is 0.369 e. The number of carbonyl (C=O) groups is 1. The van der Waals surface area contributed by atoms with Gasteiger partial charge < -0.3 is 15.5 Å². The predicted molar refractivity (Wildman–Crippen MR) is 132 cm³/mol. The third-order valence-corrected chi connectivity index (χ3v) is 5.52. The fourth-order valence-corrected chi connectivity index (χ4v) is 3.76. The Balaban J connectivity index is 1.50. The van der Waals surface area contributed by atoms with Gasteiger partial charge in [0, 0.05) is 55.1 Å². The van der Waals surface area contributed by atoms with E-state index in [-0.39, 0.29) is 11.8 Å². The van der Waals surface area contributed by atoms with Gasteiger partial charge >= 0.3 is 0 Å². The number of para-hydroxylation sites is 1. The van der Waals surface area contributed by atoms with Crippen molar-refractivity contribution in [2.24, 2.45) is 0 Å². The molecular formula is C25H28N8O. The number of benzene rings is 1. The maximum atomic E-state index is 12.3. The first-order valence-electron chi connectivity index (χ1n) is 11.1. The van der Waals surface area contributed by atoms with Gasteiger partial charge in [0.1, 0.15) is 18.0 Å². The summed E-state index contributed by atoms with van der Waals surface area (Å²) >= 11 is 0. The Hall–Kier alpha value is -3.98. The van der Waals surface area contributed by atoms with Crippen LogP contribution in [0.15, 0.2) is 55.2 Å². The van der Waals surface area contributed by atoms with Gasteiger partial charge in [0.2, 0.25) is 0 Å². The molecule has 9 nitrogen and oxygen atoms in total. The Morgan fingerprint density at radius 3 is 2.59 bits per heavy atom. The van der Waals surface area contributed by atoms with E-state index in [4.69, 9.17) is 0 Å². The third-order valence-electron chi connectivity index (χ3n) is 5.52. The highest BCUT2D eigenvalue weighted by Crippen LogP contribution is 2.27. The van der Waals surface area contributed by atoms with Crippen molar-refractivity contribution >= 4 is 22.6 Å². The summed E-state index contributed by atoms with van der Waals surface area (Å²) in [7, 11) is 5.59. The van der Waals surface area contributed by atoms with Crippen molar-refractivity contribution in [3.05, 3.63) is 72.2 Å². The lowest BCUT2D eigenvalue weighted by Gasteiger charge is -2.16. The van der Waals surface area contributed by atoms with Crippen molar-refractivity contribution in [1.29, 1.82) is 0 Å². The van der Waals surface area contributed by atoms with E-state index in [1.807, 2.05) is 43.3 Å². The summed E-state index contributed by atoms with van der Waals surface area (Å²) in [4.78, 5) is 36.4. The van der Waals surface area contributed by atoms with Gasteiger partial charge in [-0.25, -0.2) is 19.9 Å². The number of aromatic nitrogens is 5. The highest BCUT2D eigenvalue weighted by Gasteiger charge is 2.15. The molecule has 34 heavy (non-hydrogen) atoms. The van der Waals surface area contributed by atoms with E-state index >= 15 is 0 Å². The summed E-state index contributed by atoms with van der Waals surface area (Å²) in [6, 6.07) is 9.58. The van der Waals surface area contributed by atoms with Crippen molar-refractivity contribution in [3.8, 4) is 11.3 Å². The number of carbonyl (C=O) groups excluding carboxylic acids is 1. The van der Waals surface area contributed by atoms with Crippen LogP contribution in [0.5, 0.6) is 0 Å². The second-order valence-corrected chi connectivity index (χ2v) is 8.38. The molecule has 1 amide bonds. The number of anilines is 1. The highest BCUT2D eigenvalue weighted by atomic mass is 16.1. The Bertz CT molecular complexity index is 1290. The molecule has 1 aromatic carbocycles. The quantitative estimate of drug-likeness (QED) is 0.416. The van der Waals surface area contributed by atoms with Crippen LogP contribution in [-0.4, -0.2) is 63.4 Å². The van der Waals surface area contributed by atoms with Gasteiger partial charge in [-0.1, -0.05) is 25.1 Å². The van der Waals surface area contributed by atoms with E-state index in [0.717, 1.165) is 33.5 Å². The van der Waals surface area contributed by atoms with Crippen LogP contribution < -0.4 is 10.6 Å². The van der Waals surface area contributed by atoms with Gasteiger partial charge in [0.05, 0.1) is 23.3 Å². The molecule has 0 saturated carbocycles. The molecule has 0 aliphatic heterocycles. The molecule has 174 valence electrons. The number of amides is 1. The molecule has 0 saturated heterocycles. The van der Waals surface area contributed by atoms with E-state index in [9.17, 15) is 4.79 Å². The molecule has 4 aromatic rings. The molecule has 0 unspecified atom stereocenters. The molecule has 0 bridgehead atoms. The number of hydrogen-bond acceptors (Lipinski definition) is 8. The minimum atomic E-state index is -0.123. The lowest BCUT2D eigenvalue weighted by molar-refractivity contribution is 0.0964. The van der Waals surface area contributed by atoms with Crippen LogP contribution in [0.4, 0.5) is 5.82 Å². The van der Waals surface area contributed by atoms with Gasteiger partial charge in [-0.05, 0) is 25.7 Å². The number of nitrogens with zero attached hydrogens (tertiary/aromatic N) is 6. The molecule has 2 N–H and O–H groups in total. The van der Waals surface area contributed by atoms with Gasteiger partial charge in [-0.3, -0.25) is 9.78 Å². The smallest absolute Gasteiger partial charge is 0.251 e. The van der Waals surface area contributed by atoms with Crippen LogP contribution in [0.1, 0.15) is 34.6 Å². The van der Waals surface area contributed by atoms with Gasteiger partial charge in [-0.2, -0.15) is 0 Å². The third kappa shape index (κ3) is 5.15. The Morgan fingerprint density at radius 1 is 1.06 bits per heavy atom. The minimum Gasteiger partial charge on any atom is -0.369 e. The van der Waals surface area contributed by atoms with Crippen LogP contribution >= 0.6 is 0 Å². The first-order valence-corrected chi connectivity index (χ1v) is 11.1. The number of hydrogen-bond donors (Lipinski definition) is 2. The predicted octanol–water partition coefficient (Wildman–Crippen LogP) is 3.12. The van der Waals surface area contributed by atoms with Crippen molar-refractivity contribution in [3.63, 3.8) is 0 Å². The summed E-state index contributed by atoms with van der Waals surface area (Å²) < 4.78 is 0. The molecule has 0 spiro atoms. The monoisotopic (exact) mass is 456 g/mol. The number of rotatable bonds is 8. The lowest BCUT2D eigenvalue weighted by atomic mass is 9.96. The SMILES string of the molecule is CNC(=O)c1ccnc2c([C@H](C)CNc3cc(-c4cnc(CN(C)C)nc4)ncn3)cccc12. The van der Waals surface area contributed by atoms with Crippen LogP contribution in [0.2, 0.25) is 0 Å². The lowest BCUT2D eigenvalue weighted by Crippen LogP contribution is -2.18. The average Bonchev–Trinajstić information content (AvgIpc) is 2.86. The number of fused-ring (bicyclic) bond motifs is 1. The fourth-order valence-electron chi connectivity index (χ4n) is 3.76. The normalized spacial score (nSPS) is 12.0. The molecule has 0 aliphatic carbocycles. The van der Waals surface area contributed by atoms with E-state index < -0.39 is 0 Å². The standard InChI is InChI=1S/C25H28N8O/c1-16(18-6-5-7-19-20(25(34)26-2)8-9-27-24(18)19)11-28-22-10-21(31-15-32-22)17-12-29-23(30-13-17)14-33(3)4/h5-10,12-13,15-16H,11,14H2,1-4H3,(H,26,34)(H,28,31,32)/t16-/m1/s1. The first kappa shape index (κ1) is 23.2. The Kier molecular flexibility index (Phi) is 7.03. The molecule has 0 radical (unpaired) electrons. The van der Waals surface area contributed by atoms with Gasteiger partial charge in [0.15, 0.2) is 0 Å². The van der Waals surface area contributed by atoms with Crippen molar-refractivity contribution < 1.29 is 4.79 Å². The van der Waals surface area contributed by atoms with Crippen molar-refractivity contribution in [1.82, 2.24) is 35.1 Å². The topological polar surface area (TPSA) is 109 Å². The van der Waals surface area contributed by atoms with Gasteiger partial charge in [0.25, 0.3) is 5.91 Å². The zero-order valence-electron chi connectivity index (χ0n) is 19.8. The summed E-state index contributed by atoms with van der Waals surface area (Å²) in [5.41, 5.74) is 4.10. The first-order chi connectivity index (χ1) is 16.5. The van der Waals surface area contributed by atoms with E-state index in [0.29, 0.717) is 24.5 Å². The van der Waals surface area contributed by atoms with Crippen molar-refractivity contribution in [2.75, 3.05) is 33.0 Å². The second kappa shape index (κ2) is 10.3. The van der Waals surface area contributed by atoms with Crippen molar-refractivity contribution in [2.45, 2.75) is 19.4 Å². The molecule has 3 aromatic heterocycles. The molecule has 1 atom stereocenters. The van der Waals surface area contributed by atoms with E-state index in [2.05, 4.69) is 42.5 Å². The van der Waals surface area contributed by atoms with Gasteiger partial charge in [-0.15, -0.1) is 0 Å². The van der Waals surface area contributed by atoms with Crippen LogP contribution in [0.3, 0.4) is 0 Å². The summed E-state index contributed by atoms with van der Waals surface area (Å²) in [6.45, 7) is 3.44. The summed E-state index contributed by atoms with van der Waals surface area (Å²) in [5, 5.41) is 6.93. The Labute approximate surface area is 198 Å². The number of pyridine rings is 1. The average molecular weight is 457 g/mol. The van der Waals surface area contributed by atoms with Crippen LogP contribution in [0.25, 0.3) is 22.2 Å².